The van der Waals surface area contributed by atoms with Crippen molar-refractivity contribution in [3.63, 3.8) is 0 Å². The molecule has 1 aliphatic carbocycles. The van der Waals surface area contributed by atoms with E-state index < -0.39 is 5.97 Å². The number of carboxylic acid groups (broad SMARTS) is 1. The van der Waals surface area contributed by atoms with Crippen LogP contribution in [0, 0.1) is 5.92 Å². The van der Waals surface area contributed by atoms with Gasteiger partial charge in [-0.15, -0.1) is 0 Å². The second-order valence-electron chi connectivity index (χ2n) is 9.18. The van der Waals surface area contributed by atoms with Crippen molar-refractivity contribution in [1.29, 1.82) is 0 Å². The number of aromatic nitrogens is 1. The monoisotopic (exact) mass is 486 g/mol. The van der Waals surface area contributed by atoms with Gasteiger partial charge in [-0.3, -0.25) is 4.79 Å². The SMILES string of the molecule is O=C(O)CC1CCC(c2ccc(-c3ccc(-c4cnc(Nc5cccc(Cl)c5)o4)cc3)cc2)CC1. The molecular formula is C29H27ClN2O3. The topological polar surface area (TPSA) is 75.4 Å². The molecule has 0 unspecified atom stereocenters. The van der Waals surface area contributed by atoms with Crippen LogP contribution in [0.4, 0.5) is 11.7 Å². The highest BCUT2D eigenvalue weighted by Gasteiger charge is 2.24. The van der Waals surface area contributed by atoms with Crippen molar-refractivity contribution in [2.24, 2.45) is 5.92 Å². The number of carboxylic acids is 1. The summed E-state index contributed by atoms with van der Waals surface area (Å²) in [6.45, 7) is 0. The summed E-state index contributed by atoms with van der Waals surface area (Å²) in [4.78, 5) is 15.3. The van der Waals surface area contributed by atoms with Gasteiger partial charge >= 0.3 is 5.97 Å². The van der Waals surface area contributed by atoms with Crippen LogP contribution >= 0.6 is 11.6 Å². The summed E-state index contributed by atoms with van der Waals surface area (Å²) in [7, 11) is 0. The van der Waals surface area contributed by atoms with Gasteiger partial charge in [-0.05, 0) is 72.4 Å². The summed E-state index contributed by atoms with van der Waals surface area (Å²) in [6.07, 6.45) is 6.14. The molecule has 0 saturated heterocycles. The minimum atomic E-state index is -0.679. The number of hydrogen-bond donors (Lipinski definition) is 2. The fourth-order valence-corrected chi connectivity index (χ4v) is 5.07. The Labute approximate surface area is 209 Å². The molecule has 0 bridgehead atoms. The van der Waals surface area contributed by atoms with Gasteiger partial charge in [-0.2, -0.15) is 0 Å². The third-order valence-electron chi connectivity index (χ3n) is 6.78. The van der Waals surface area contributed by atoms with Crippen LogP contribution in [0.25, 0.3) is 22.5 Å². The molecule has 3 aromatic carbocycles. The van der Waals surface area contributed by atoms with E-state index in [1.807, 2.05) is 36.4 Å². The number of oxazole rings is 1. The standard InChI is InChI=1S/C29H27ClN2O3/c30-25-2-1-3-26(17-25)32-29-31-18-27(35-29)24-14-12-23(13-15-24)22-10-8-21(9-11-22)20-6-4-19(5-7-20)16-28(33)34/h1-3,8-15,17-20H,4-7,16H2,(H,31,32)(H,33,34). The molecule has 35 heavy (non-hydrogen) atoms. The predicted molar refractivity (Wildman–Crippen MR) is 139 cm³/mol. The maximum absolute atomic E-state index is 11.0. The zero-order chi connectivity index (χ0) is 24.2. The largest absolute Gasteiger partial charge is 0.481 e. The van der Waals surface area contributed by atoms with E-state index in [1.165, 1.54) is 11.1 Å². The van der Waals surface area contributed by atoms with Gasteiger partial charge in [0.25, 0.3) is 6.01 Å². The van der Waals surface area contributed by atoms with E-state index >= 15 is 0 Å². The van der Waals surface area contributed by atoms with Crippen LogP contribution < -0.4 is 5.32 Å². The van der Waals surface area contributed by atoms with Crippen LogP contribution in [0.1, 0.15) is 43.6 Å². The Kier molecular flexibility index (Phi) is 6.87. The summed E-state index contributed by atoms with van der Waals surface area (Å²) >= 11 is 6.04. The van der Waals surface area contributed by atoms with Crippen LogP contribution in [-0.2, 0) is 4.79 Å². The predicted octanol–water partition coefficient (Wildman–Crippen LogP) is 8.15. The van der Waals surface area contributed by atoms with Crippen LogP contribution in [0.15, 0.2) is 83.4 Å². The number of anilines is 2. The van der Waals surface area contributed by atoms with Crippen LogP contribution in [0.3, 0.4) is 0 Å². The first-order valence-electron chi connectivity index (χ1n) is 11.9. The van der Waals surface area contributed by atoms with Crippen LogP contribution in [0.5, 0.6) is 0 Å². The molecule has 178 valence electrons. The Morgan fingerprint density at radius 3 is 2.26 bits per heavy atom. The molecular weight excluding hydrogens is 460 g/mol. The van der Waals surface area contributed by atoms with E-state index in [2.05, 4.69) is 46.7 Å². The molecule has 5 nitrogen and oxygen atoms in total. The van der Waals surface area contributed by atoms with Gasteiger partial charge in [-0.1, -0.05) is 66.2 Å². The molecule has 1 fully saturated rings. The summed E-state index contributed by atoms with van der Waals surface area (Å²) < 4.78 is 5.87. The number of hydrogen-bond acceptors (Lipinski definition) is 4. The van der Waals surface area contributed by atoms with Crippen molar-refractivity contribution in [2.75, 3.05) is 5.32 Å². The van der Waals surface area contributed by atoms with Gasteiger partial charge in [0.05, 0.1) is 6.20 Å². The Bertz CT molecular complexity index is 1290. The molecule has 1 heterocycles. The average molecular weight is 487 g/mol. The van der Waals surface area contributed by atoms with Gasteiger partial charge in [-0.25, -0.2) is 4.98 Å². The molecule has 6 heteroatoms. The van der Waals surface area contributed by atoms with Crippen LogP contribution in [0.2, 0.25) is 5.02 Å². The molecule has 2 N–H and O–H groups in total. The molecule has 0 aliphatic heterocycles. The Morgan fingerprint density at radius 1 is 0.943 bits per heavy atom. The zero-order valence-corrected chi connectivity index (χ0v) is 20.0. The van der Waals surface area contributed by atoms with E-state index in [-0.39, 0.29) is 0 Å². The number of aliphatic carboxylic acids is 1. The third-order valence-corrected chi connectivity index (χ3v) is 7.01. The van der Waals surface area contributed by atoms with Crippen molar-refractivity contribution in [3.05, 3.63) is 89.6 Å². The van der Waals surface area contributed by atoms with E-state index in [0.717, 1.165) is 42.5 Å². The maximum atomic E-state index is 11.0. The van der Waals surface area contributed by atoms with Gasteiger partial charge in [0.15, 0.2) is 5.76 Å². The second-order valence-corrected chi connectivity index (χ2v) is 9.62. The summed E-state index contributed by atoms with van der Waals surface area (Å²) in [5.41, 5.74) is 5.43. The fraction of sp³-hybridized carbons (Fsp3) is 0.241. The highest BCUT2D eigenvalue weighted by molar-refractivity contribution is 6.30. The number of halogens is 1. The number of rotatable bonds is 7. The van der Waals surface area contributed by atoms with Gasteiger partial charge in [0.2, 0.25) is 0 Å². The quantitative estimate of drug-likeness (QED) is 0.275. The smallest absolute Gasteiger partial charge is 0.303 e. The lowest BCUT2D eigenvalue weighted by Crippen LogP contribution is -2.16. The van der Waals surface area contributed by atoms with E-state index in [4.69, 9.17) is 21.1 Å². The van der Waals surface area contributed by atoms with Gasteiger partial charge in [0, 0.05) is 22.7 Å². The summed E-state index contributed by atoms with van der Waals surface area (Å²) in [6, 6.07) is 24.9. The molecule has 0 radical (unpaired) electrons. The zero-order valence-electron chi connectivity index (χ0n) is 19.3. The normalized spacial score (nSPS) is 17.7. The maximum Gasteiger partial charge on any atom is 0.303 e. The molecule has 5 rings (SSSR count). The first-order valence-corrected chi connectivity index (χ1v) is 12.3. The minimum absolute atomic E-state index is 0.301. The van der Waals surface area contributed by atoms with Crippen molar-refractivity contribution < 1.29 is 14.3 Å². The highest BCUT2D eigenvalue weighted by Crippen LogP contribution is 2.38. The Hall–Kier alpha value is -3.57. The first-order chi connectivity index (χ1) is 17.0. The van der Waals surface area contributed by atoms with Gasteiger partial charge < -0.3 is 14.8 Å². The fourth-order valence-electron chi connectivity index (χ4n) is 4.88. The average Bonchev–Trinajstić information content (AvgIpc) is 3.33. The Morgan fingerprint density at radius 2 is 1.60 bits per heavy atom. The summed E-state index contributed by atoms with van der Waals surface area (Å²) in [5.74, 6) is 0.865. The van der Waals surface area contributed by atoms with Crippen molar-refractivity contribution in [1.82, 2.24) is 4.98 Å². The first kappa shape index (κ1) is 23.2. The molecule has 0 spiro atoms. The number of benzene rings is 3. The lowest BCUT2D eigenvalue weighted by molar-refractivity contribution is -0.138. The van der Waals surface area contributed by atoms with E-state index in [9.17, 15) is 4.79 Å². The molecule has 1 aliphatic rings. The van der Waals surface area contributed by atoms with E-state index in [0.29, 0.717) is 35.1 Å². The second kappa shape index (κ2) is 10.4. The van der Waals surface area contributed by atoms with Crippen molar-refractivity contribution >= 4 is 29.3 Å². The number of nitrogens with zero attached hydrogens (tertiary/aromatic N) is 1. The Balaban J connectivity index is 1.22. The van der Waals surface area contributed by atoms with Crippen LogP contribution in [-0.4, -0.2) is 16.1 Å². The van der Waals surface area contributed by atoms with E-state index in [1.54, 1.807) is 6.20 Å². The van der Waals surface area contributed by atoms with Gasteiger partial charge in [0.1, 0.15) is 0 Å². The van der Waals surface area contributed by atoms with Crippen molar-refractivity contribution in [2.45, 2.75) is 38.0 Å². The number of carbonyl (C=O) groups is 1. The third kappa shape index (κ3) is 5.75. The molecule has 1 aromatic heterocycles. The molecule has 0 amide bonds. The lowest BCUT2D eigenvalue weighted by atomic mass is 9.77. The highest BCUT2D eigenvalue weighted by atomic mass is 35.5. The molecule has 1 saturated carbocycles. The van der Waals surface area contributed by atoms with Crippen molar-refractivity contribution in [3.8, 4) is 22.5 Å². The minimum Gasteiger partial charge on any atom is -0.481 e. The lowest BCUT2D eigenvalue weighted by Gasteiger charge is -2.28. The summed E-state index contributed by atoms with van der Waals surface area (Å²) in [5, 5.41) is 12.8. The molecule has 0 atom stereocenters. The molecule has 4 aromatic rings. The number of nitrogens with one attached hydrogen (secondary N) is 1.